The predicted octanol–water partition coefficient (Wildman–Crippen LogP) is 5.59. The Morgan fingerprint density at radius 3 is 2.39 bits per heavy atom. The van der Waals surface area contributed by atoms with Gasteiger partial charge in [0.25, 0.3) is 0 Å². The first-order valence-electron chi connectivity index (χ1n) is 10.3. The van der Waals surface area contributed by atoms with E-state index in [0.29, 0.717) is 13.0 Å². The lowest BCUT2D eigenvalue weighted by Gasteiger charge is -2.15. The van der Waals surface area contributed by atoms with Crippen molar-refractivity contribution in [2.75, 3.05) is 0 Å². The summed E-state index contributed by atoms with van der Waals surface area (Å²) in [7, 11) is 0. The minimum absolute atomic E-state index is 0.445. The van der Waals surface area contributed by atoms with Gasteiger partial charge in [0.2, 0.25) is 0 Å². The molecule has 0 aliphatic carbocycles. The van der Waals surface area contributed by atoms with Crippen LogP contribution in [0.25, 0.3) is 21.6 Å². The molecule has 0 bridgehead atoms. The average molecular weight is 428 g/mol. The molecule has 4 rings (SSSR count). The molecular weight excluding hydrogens is 404 g/mol. The van der Waals surface area contributed by atoms with Crippen molar-refractivity contribution >= 4 is 17.3 Å². The number of benzene rings is 3. The van der Waals surface area contributed by atoms with E-state index in [-0.39, 0.29) is 0 Å². The molecule has 3 aromatic carbocycles. The molecule has 3 nitrogen and oxygen atoms in total. The van der Waals surface area contributed by atoms with Gasteiger partial charge in [-0.25, -0.2) is 0 Å². The summed E-state index contributed by atoms with van der Waals surface area (Å²) >= 11 is 1.66. The molecule has 0 N–H and O–H groups in total. The van der Waals surface area contributed by atoms with Crippen LogP contribution in [-0.2, 0) is 17.8 Å². The average Bonchev–Trinajstić information content (AvgIpc) is 3.29. The summed E-state index contributed by atoms with van der Waals surface area (Å²) in [6.07, 6.45) is 0.445. The van der Waals surface area contributed by atoms with Crippen molar-refractivity contribution in [3.8, 4) is 27.3 Å². The van der Waals surface area contributed by atoms with Gasteiger partial charge < -0.3 is 14.6 Å². The van der Waals surface area contributed by atoms with Crippen molar-refractivity contribution in [1.82, 2.24) is 0 Å². The Morgan fingerprint density at radius 1 is 0.935 bits per heavy atom. The molecule has 0 aliphatic heterocycles. The number of ether oxygens (including phenoxy) is 1. The van der Waals surface area contributed by atoms with E-state index in [9.17, 15) is 9.90 Å². The zero-order chi connectivity index (χ0) is 21.6. The smallest absolute Gasteiger partial charge is 0.128 e. The second-order valence-corrected chi connectivity index (χ2v) is 8.46. The molecule has 0 aliphatic rings. The van der Waals surface area contributed by atoms with Crippen LogP contribution in [0.3, 0.4) is 0 Å². The van der Waals surface area contributed by atoms with Gasteiger partial charge in [0.1, 0.15) is 12.4 Å². The van der Waals surface area contributed by atoms with Crippen LogP contribution in [0.1, 0.15) is 18.1 Å². The maximum atomic E-state index is 11.2. The van der Waals surface area contributed by atoms with E-state index in [1.807, 2.05) is 60.7 Å². The van der Waals surface area contributed by atoms with E-state index in [1.54, 1.807) is 18.3 Å². The standard InChI is InChI=1S/C27H24O3S/c1-19(27(28)29)15-21-11-5-6-12-23(21)22-16-26(31-18-22)24-13-7-8-14-25(24)30-17-20-9-3-2-4-10-20/h2-14,16,18-19H,15,17H2,1H3,(H,28,29)/p-1. The fraction of sp³-hybridized carbons (Fsp3) is 0.148. The lowest BCUT2D eigenvalue weighted by Crippen LogP contribution is -2.30. The Hall–Kier alpha value is -3.37. The number of para-hydroxylation sites is 1. The Morgan fingerprint density at radius 2 is 1.61 bits per heavy atom. The number of carboxylic acid groups (broad SMARTS) is 1. The number of carbonyl (C=O) groups is 1. The molecule has 1 atom stereocenters. The van der Waals surface area contributed by atoms with Crippen LogP contribution in [0.5, 0.6) is 5.75 Å². The van der Waals surface area contributed by atoms with Gasteiger partial charge in [-0.05, 0) is 58.2 Å². The van der Waals surface area contributed by atoms with Gasteiger partial charge in [-0.3, -0.25) is 0 Å². The SMILES string of the molecule is CC(Cc1ccccc1-c1csc(-c2ccccc2OCc2ccccc2)c1)C(=O)[O-]. The molecule has 156 valence electrons. The fourth-order valence-electron chi connectivity index (χ4n) is 3.54. The number of hydrogen-bond acceptors (Lipinski definition) is 4. The molecule has 4 aromatic rings. The zero-order valence-electron chi connectivity index (χ0n) is 17.3. The summed E-state index contributed by atoms with van der Waals surface area (Å²) in [4.78, 5) is 12.3. The van der Waals surface area contributed by atoms with Gasteiger partial charge in [-0.15, -0.1) is 11.3 Å². The van der Waals surface area contributed by atoms with Gasteiger partial charge in [-0.1, -0.05) is 73.7 Å². The lowest BCUT2D eigenvalue weighted by molar-refractivity contribution is -0.310. The Labute approximate surface area is 186 Å². The highest BCUT2D eigenvalue weighted by molar-refractivity contribution is 7.14. The number of hydrogen-bond donors (Lipinski definition) is 0. The van der Waals surface area contributed by atoms with Crippen molar-refractivity contribution in [2.24, 2.45) is 5.92 Å². The molecule has 1 aromatic heterocycles. The van der Waals surface area contributed by atoms with Crippen LogP contribution in [-0.4, -0.2) is 5.97 Å². The Kier molecular flexibility index (Phi) is 6.48. The molecule has 0 amide bonds. The maximum Gasteiger partial charge on any atom is 0.128 e. The third-order valence-electron chi connectivity index (χ3n) is 5.25. The molecule has 0 fully saturated rings. The molecular formula is C27H23O3S-. The van der Waals surface area contributed by atoms with E-state index in [1.165, 1.54) is 0 Å². The number of aliphatic carboxylic acids is 1. The minimum atomic E-state index is -1.02. The molecule has 0 saturated heterocycles. The van der Waals surface area contributed by atoms with E-state index in [2.05, 4.69) is 29.6 Å². The van der Waals surface area contributed by atoms with E-state index < -0.39 is 11.9 Å². The van der Waals surface area contributed by atoms with Gasteiger partial charge in [0, 0.05) is 16.4 Å². The second kappa shape index (κ2) is 9.63. The summed E-state index contributed by atoms with van der Waals surface area (Å²) in [6.45, 7) is 2.20. The molecule has 31 heavy (non-hydrogen) atoms. The van der Waals surface area contributed by atoms with Crippen molar-refractivity contribution in [3.63, 3.8) is 0 Å². The molecule has 1 unspecified atom stereocenters. The van der Waals surface area contributed by atoms with Crippen LogP contribution in [0.15, 0.2) is 90.3 Å². The summed E-state index contributed by atoms with van der Waals surface area (Å²) in [6, 6.07) is 28.3. The van der Waals surface area contributed by atoms with Gasteiger partial charge in [0.05, 0.1) is 0 Å². The normalized spacial score (nSPS) is 11.8. The summed E-state index contributed by atoms with van der Waals surface area (Å²) in [5.74, 6) is -0.713. The van der Waals surface area contributed by atoms with Crippen molar-refractivity contribution < 1.29 is 14.6 Å². The summed E-state index contributed by atoms with van der Waals surface area (Å²) in [5, 5.41) is 13.3. The molecule has 0 saturated carbocycles. The Bertz CT molecular complexity index is 1160. The van der Waals surface area contributed by atoms with E-state index in [4.69, 9.17) is 4.74 Å². The van der Waals surface area contributed by atoms with Gasteiger partial charge >= 0.3 is 0 Å². The zero-order valence-corrected chi connectivity index (χ0v) is 18.1. The van der Waals surface area contributed by atoms with E-state index >= 15 is 0 Å². The lowest BCUT2D eigenvalue weighted by atomic mass is 9.94. The van der Waals surface area contributed by atoms with Gasteiger partial charge in [0.15, 0.2) is 0 Å². The number of rotatable bonds is 8. The predicted molar refractivity (Wildman–Crippen MR) is 124 cm³/mol. The number of carbonyl (C=O) groups excluding carboxylic acids is 1. The van der Waals surface area contributed by atoms with Crippen molar-refractivity contribution in [1.29, 1.82) is 0 Å². The topological polar surface area (TPSA) is 49.4 Å². The first-order chi connectivity index (χ1) is 15.1. The first kappa shape index (κ1) is 20.9. The molecule has 1 heterocycles. The second-order valence-electron chi connectivity index (χ2n) is 7.55. The fourth-order valence-corrected chi connectivity index (χ4v) is 4.48. The Balaban J connectivity index is 1.60. The van der Waals surface area contributed by atoms with Crippen LogP contribution in [0, 0.1) is 5.92 Å². The highest BCUT2D eigenvalue weighted by Gasteiger charge is 2.14. The van der Waals surface area contributed by atoms with Crippen molar-refractivity contribution in [3.05, 3.63) is 101 Å². The number of carboxylic acids is 1. The summed E-state index contributed by atoms with van der Waals surface area (Å²) < 4.78 is 6.13. The third kappa shape index (κ3) is 5.04. The van der Waals surface area contributed by atoms with Crippen LogP contribution in [0.2, 0.25) is 0 Å². The molecule has 0 spiro atoms. The quantitative estimate of drug-likeness (QED) is 0.368. The van der Waals surface area contributed by atoms with Crippen LogP contribution < -0.4 is 9.84 Å². The van der Waals surface area contributed by atoms with Crippen molar-refractivity contribution in [2.45, 2.75) is 20.0 Å². The monoisotopic (exact) mass is 427 g/mol. The summed E-state index contributed by atoms with van der Waals surface area (Å²) in [5.41, 5.74) is 5.33. The van der Waals surface area contributed by atoms with Crippen LogP contribution in [0.4, 0.5) is 0 Å². The highest BCUT2D eigenvalue weighted by atomic mass is 32.1. The molecule has 4 heteroatoms. The van der Waals surface area contributed by atoms with Gasteiger partial charge in [-0.2, -0.15) is 0 Å². The third-order valence-corrected chi connectivity index (χ3v) is 6.21. The van der Waals surface area contributed by atoms with Crippen LogP contribution >= 0.6 is 11.3 Å². The minimum Gasteiger partial charge on any atom is -0.550 e. The van der Waals surface area contributed by atoms with E-state index in [0.717, 1.165) is 38.4 Å². The number of thiophene rings is 1. The largest absolute Gasteiger partial charge is 0.550 e. The first-order valence-corrected chi connectivity index (χ1v) is 11.1. The molecule has 0 radical (unpaired) electrons. The highest BCUT2D eigenvalue weighted by Crippen LogP contribution is 2.38. The maximum absolute atomic E-state index is 11.2.